The molecular formula is C45H37NS. The van der Waals surface area contributed by atoms with E-state index in [1.54, 1.807) is 0 Å². The second-order valence-electron chi connectivity index (χ2n) is 12.0. The molecule has 47 heavy (non-hydrogen) atoms. The molecule has 1 heterocycles. The fourth-order valence-corrected chi connectivity index (χ4v) is 7.47. The third-order valence-corrected chi connectivity index (χ3v) is 10.1. The monoisotopic (exact) mass is 623 g/mol. The zero-order valence-electron chi connectivity index (χ0n) is 27.1. The molecule has 0 unspecified atom stereocenters. The highest BCUT2D eigenvalue weighted by atomic mass is 32.1. The molecule has 2 heteroatoms. The van der Waals surface area contributed by atoms with Gasteiger partial charge in [-0.1, -0.05) is 152 Å². The van der Waals surface area contributed by atoms with Crippen LogP contribution in [0, 0.1) is 0 Å². The number of benzene rings is 6. The standard InChI is InChI=1S/C45H37NS/c1-4-31(2)43(36-17-9-6-10-18-36)45-44(41-23-11-12-24-42(41)47-45)46-32(3)37-19-13-21-39(29-37)40-22-14-20-38(30-40)35-27-25-34(26-28-35)33-15-7-5-8-16-33/h5-30H,4H2,1-3H3. The Labute approximate surface area is 282 Å². The maximum Gasteiger partial charge on any atom is 0.0898 e. The van der Waals surface area contributed by atoms with E-state index in [1.165, 1.54) is 65.1 Å². The van der Waals surface area contributed by atoms with E-state index in [2.05, 4.69) is 178 Å². The van der Waals surface area contributed by atoms with E-state index in [1.807, 2.05) is 11.3 Å². The molecule has 0 saturated heterocycles. The van der Waals surface area contributed by atoms with Gasteiger partial charge in [0.1, 0.15) is 0 Å². The summed E-state index contributed by atoms with van der Waals surface area (Å²) in [6.45, 7) is 6.63. The van der Waals surface area contributed by atoms with E-state index in [0.29, 0.717) is 0 Å². The first kappa shape index (κ1) is 30.3. The zero-order valence-corrected chi connectivity index (χ0v) is 27.9. The van der Waals surface area contributed by atoms with Crippen molar-refractivity contribution in [1.29, 1.82) is 0 Å². The van der Waals surface area contributed by atoms with Crippen molar-refractivity contribution in [2.24, 2.45) is 4.99 Å². The Hall–Kier alpha value is -5.31. The van der Waals surface area contributed by atoms with Crippen molar-refractivity contribution in [2.75, 3.05) is 0 Å². The average molecular weight is 624 g/mol. The van der Waals surface area contributed by atoms with E-state index >= 15 is 0 Å². The molecule has 0 aliphatic rings. The lowest BCUT2D eigenvalue weighted by atomic mass is 9.95. The van der Waals surface area contributed by atoms with Crippen LogP contribution in [0.15, 0.2) is 168 Å². The predicted octanol–water partition coefficient (Wildman–Crippen LogP) is 13.3. The first-order valence-corrected chi connectivity index (χ1v) is 17.1. The SMILES string of the molecule is CCC(C)=C(c1ccccc1)c1sc2ccccc2c1N=C(C)c1cccc(-c2cccc(-c3ccc(-c4ccccc4)cc3)c2)c1. The van der Waals surface area contributed by atoms with Gasteiger partial charge in [-0.25, -0.2) is 0 Å². The first-order chi connectivity index (χ1) is 23.1. The van der Waals surface area contributed by atoms with Gasteiger partial charge in [0.2, 0.25) is 0 Å². The Morgan fingerprint density at radius 3 is 1.72 bits per heavy atom. The quantitative estimate of drug-likeness (QED) is 0.149. The Bertz CT molecular complexity index is 2220. The van der Waals surface area contributed by atoms with Crippen LogP contribution in [0.2, 0.25) is 0 Å². The highest BCUT2D eigenvalue weighted by Gasteiger charge is 2.19. The van der Waals surface area contributed by atoms with Crippen molar-refractivity contribution >= 4 is 38.4 Å². The van der Waals surface area contributed by atoms with Crippen LogP contribution in [-0.2, 0) is 0 Å². The Morgan fingerprint density at radius 1 is 0.511 bits per heavy atom. The van der Waals surface area contributed by atoms with Gasteiger partial charge < -0.3 is 0 Å². The van der Waals surface area contributed by atoms with Crippen LogP contribution < -0.4 is 0 Å². The van der Waals surface area contributed by atoms with Gasteiger partial charge in [-0.3, -0.25) is 4.99 Å². The summed E-state index contributed by atoms with van der Waals surface area (Å²) in [5.41, 5.74) is 14.3. The first-order valence-electron chi connectivity index (χ1n) is 16.3. The minimum absolute atomic E-state index is 0.985. The zero-order chi connectivity index (χ0) is 32.2. The predicted molar refractivity (Wildman–Crippen MR) is 205 cm³/mol. The third kappa shape index (κ3) is 6.38. The number of aliphatic imine (C=N–C) groups is 1. The van der Waals surface area contributed by atoms with Gasteiger partial charge in [0.15, 0.2) is 0 Å². The molecule has 228 valence electrons. The summed E-state index contributed by atoms with van der Waals surface area (Å²) in [7, 11) is 0. The summed E-state index contributed by atoms with van der Waals surface area (Å²) in [6.07, 6.45) is 0.985. The van der Waals surface area contributed by atoms with E-state index in [4.69, 9.17) is 4.99 Å². The number of hydrogen-bond acceptors (Lipinski definition) is 2. The van der Waals surface area contributed by atoms with Crippen molar-refractivity contribution in [2.45, 2.75) is 27.2 Å². The van der Waals surface area contributed by atoms with Crippen LogP contribution in [0.3, 0.4) is 0 Å². The lowest BCUT2D eigenvalue weighted by molar-refractivity contribution is 1.10. The number of rotatable bonds is 8. The van der Waals surface area contributed by atoms with Crippen molar-refractivity contribution in [3.05, 3.63) is 179 Å². The summed E-state index contributed by atoms with van der Waals surface area (Å²) in [5, 5.41) is 1.20. The van der Waals surface area contributed by atoms with Crippen molar-refractivity contribution in [3.63, 3.8) is 0 Å². The molecule has 0 N–H and O–H groups in total. The summed E-state index contributed by atoms with van der Waals surface area (Å²) in [4.78, 5) is 6.64. The van der Waals surface area contributed by atoms with Crippen LogP contribution in [0.4, 0.5) is 5.69 Å². The molecule has 0 amide bonds. The average Bonchev–Trinajstić information content (AvgIpc) is 3.49. The van der Waals surface area contributed by atoms with Crippen LogP contribution in [0.1, 0.15) is 43.2 Å². The minimum atomic E-state index is 0.985. The molecule has 7 aromatic rings. The summed E-state index contributed by atoms with van der Waals surface area (Å²) in [5.74, 6) is 0. The lowest BCUT2D eigenvalue weighted by Crippen LogP contribution is -1.96. The molecule has 0 aliphatic carbocycles. The molecule has 0 fully saturated rings. The van der Waals surface area contributed by atoms with E-state index < -0.39 is 0 Å². The molecule has 1 nitrogen and oxygen atoms in total. The van der Waals surface area contributed by atoms with Crippen LogP contribution in [-0.4, -0.2) is 5.71 Å². The van der Waals surface area contributed by atoms with Gasteiger partial charge in [0.25, 0.3) is 0 Å². The molecule has 0 aliphatic heterocycles. The minimum Gasteiger partial charge on any atom is -0.251 e. The summed E-state index contributed by atoms with van der Waals surface area (Å²) < 4.78 is 1.26. The largest absolute Gasteiger partial charge is 0.251 e. The van der Waals surface area contributed by atoms with Gasteiger partial charge in [-0.15, -0.1) is 11.3 Å². The Kier molecular flexibility index (Phi) is 8.77. The normalized spacial score (nSPS) is 12.3. The molecular weight excluding hydrogens is 587 g/mol. The second kappa shape index (κ2) is 13.6. The van der Waals surface area contributed by atoms with Gasteiger partial charge in [-0.05, 0) is 83.0 Å². The van der Waals surface area contributed by atoms with Crippen molar-refractivity contribution < 1.29 is 0 Å². The van der Waals surface area contributed by atoms with Crippen LogP contribution in [0.5, 0.6) is 0 Å². The number of hydrogen-bond donors (Lipinski definition) is 0. The molecule has 6 aromatic carbocycles. The third-order valence-electron chi connectivity index (χ3n) is 8.90. The number of allylic oxidation sites excluding steroid dienone is 1. The highest BCUT2D eigenvalue weighted by molar-refractivity contribution is 7.20. The van der Waals surface area contributed by atoms with Gasteiger partial charge in [-0.2, -0.15) is 0 Å². The van der Waals surface area contributed by atoms with Crippen LogP contribution in [0.25, 0.3) is 49.0 Å². The fraction of sp³-hybridized carbons (Fsp3) is 0.0889. The van der Waals surface area contributed by atoms with E-state index in [-0.39, 0.29) is 0 Å². The molecule has 1 aromatic heterocycles. The molecule has 0 radical (unpaired) electrons. The van der Waals surface area contributed by atoms with Crippen molar-refractivity contribution in [3.8, 4) is 33.4 Å². The molecule has 0 bridgehead atoms. The number of nitrogens with zero attached hydrogens (tertiary/aromatic N) is 1. The van der Waals surface area contributed by atoms with E-state index in [9.17, 15) is 0 Å². The molecule has 0 spiro atoms. The summed E-state index contributed by atoms with van der Waals surface area (Å²) in [6, 6.07) is 56.4. The smallest absolute Gasteiger partial charge is 0.0898 e. The highest BCUT2D eigenvalue weighted by Crippen LogP contribution is 2.45. The topological polar surface area (TPSA) is 12.4 Å². The van der Waals surface area contributed by atoms with Gasteiger partial charge in [0, 0.05) is 21.4 Å². The van der Waals surface area contributed by atoms with E-state index in [0.717, 1.165) is 23.4 Å². The van der Waals surface area contributed by atoms with Gasteiger partial charge in [0.05, 0.1) is 10.6 Å². The number of thiophene rings is 1. The fourth-order valence-electron chi connectivity index (χ4n) is 6.19. The summed E-state index contributed by atoms with van der Waals surface area (Å²) >= 11 is 1.84. The Balaban J connectivity index is 1.25. The van der Waals surface area contributed by atoms with Gasteiger partial charge >= 0.3 is 0 Å². The van der Waals surface area contributed by atoms with Crippen molar-refractivity contribution in [1.82, 2.24) is 0 Å². The lowest BCUT2D eigenvalue weighted by Gasteiger charge is -2.13. The maximum atomic E-state index is 5.41. The molecule has 0 saturated carbocycles. The second-order valence-corrected chi connectivity index (χ2v) is 13.0. The molecule has 7 rings (SSSR count). The Morgan fingerprint density at radius 2 is 1.02 bits per heavy atom. The van der Waals surface area contributed by atoms with Crippen LogP contribution >= 0.6 is 11.3 Å². The maximum absolute atomic E-state index is 5.41. The molecule has 0 atom stereocenters. The number of fused-ring (bicyclic) bond motifs is 1.